The molecule has 0 bridgehead atoms. The molecule has 1 unspecified atom stereocenters. The summed E-state index contributed by atoms with van der Waals surface area (Å²) in [6.07, 6.45) is 8.75. The number of rotatable bonds is 5. The minimum absolute atomic E-state index is 0.0995. The molecule has 1 N–H and O–H groups in total. The zero-order chi connectivity index (χ0) is 16.9. The van der Waals surface area contributed by atoms with Gasteiger partial charge in [-0.15, -0.1) is 0 Å². The van der Waals surface area contributed by atoms with Crippen LogP contribution in [0.25, 0.3) is 0 Å². The van der Waals surface area contributed by atoms with Gasteiger partial charge in [-0.2, -0.15) is 0 Å². The molecule has 0 aromatic rings. The third-order valence-corrected chi connectivity index (χ3v) is 6.85. The smallest absolute Gasteiger partial charge is 0.100 e. The second kappa shape index (κ2) is 8.95. The standard InChI is InChI=1S/C20H37FN2O/c1-2-11-22-12-7-16(8-13-22)20(24)17-9-14-23(15-10-17)19-5-3-18(21)4-6-19/h16-20,24H,2-15H2,1H3. The number of likely N-dealkylation sites (tertiary alicyclic amines) is 2. The van der Waals surface area contributed by atoms with Gasteiger partial charge >= 0.3 is 0 Å². The van der Waals surface area contributed by atoms with Crippen LogP contribution in [0.5, 0.6) is 0 Å². The molecule has 0 aromatic carbocycles. The summed E-state index contributed by atoms with van der Waals surface area (Å²) in [5.41, 5.74) is 0. The minimum Gasteiger partial charge on any atom is -0.393 e. The maximum absolute atomic E-state index is 13.3. The van der Waals surface area contributed by atoms with Crippen LogP contribution in [0.2, 0.25) is 0 Å². The molecule has 4 heteroatoms. The van der Waals surface area contributed by atoms with Gasteiger partial charge < -0.3 is 14.9 Å². The van der Waals surface area contributed by atoms with Gasteiger partial charge in [-0.1, -0.05) is 6.92 Å². The molecule has 0 aromatic heterocycles. The predicted molar refractivity (Wildman–Crippen MR) is 96.9 cm³/mol. The first-order valence-corrected chi connectivity index (χ1v) is 10.5. The number of piperidine rings is 2. The Kier molecular flexibility index (Phi) is 6.94. The summed E-state index contributed by atoms with van der Waals surface area (Å²) in [5.74, 6) is 0.998. The van der Waals surface area contributed by atoms with E-state index < -0.39 is 6.17 Å². The van der Waals surface area contributed by atoms with Crippen molar-refractivity contribution in [2.75, 3.05) is 32.7 Å². The number of alkyl halides is 1. The zero-order valence-corrected chi connectivity index (χ0v) is 15.5. The Labute approximate surface area is 147 Å². The summed E-state index contributed by atoms with van der Waals surface area (Å²) in [5, 5.41) is 10.9. The Balaban J connectivity index is 1.40. The first kappa shape index (κ1) is 18.6. The Bertz CT molecular complexity index is 357. The van der Waals surface area contributed by atoms with E-state index in [1.165, 1.54) is 38.9 Å². The minimum atomic E-state index is -0.556. The van der Waals surface area contributed by atoms with Gasteiger partial charge in [0.1, 0.15) is 6.17 Å². The third kappa shape index (κ3) is 4.70. The lowest BCUT2D eigenvalue weighted by atomic mass is 9.79. The van der Waals surface area contributed by atoms with Gasteiger partial charge in [0.15, 0.2) is 0 Å². The molecule has 3 fully saturated rings. The van der Waals surface area contributed by atoms with E-state index >= 15 is 0 Å². The van der Waals surface area contributed by atoms with Crippen molar-refractivity contribution >= 4 is 0 Å². The Morgan fingerprint density at radius 3 is 1.96 bits per heavy atom. The fourth-order valence-corrected chi connectivity index (χ4v) is 5.25. The van der Waals surface area contributed by atoms with Crippen molar-refractivity contribution in [2.45, 2.75) is 83.0 Å². The lowest BCUT2D eigenvalue weighted by Gasteiger charge is -2.43. The maximum atomic E-state index is 13.3. The van der Waals surface area contributed by atoms with Crippen molar-refractivity contribution in [3.63, 3.8) is 0 Å². The van der Waals surface area contributed by atoms with Crippen LogP contribution in [0, 0.1) is 11.8 Å². The van der Waals surface area contributed by atoms with Gasteiger partial charge in [-0.25, -0.2) is 4.39 Å². The lowest BCUT2D eigenvalue weighted by Crippen LogP contribution is -2.47. The van der Waals surface area contributed by atoms with Crippen molar-refractivity contribution < 1.29 is 9.50 Å². The second-order valence-corrected chi connectivity index (χ2v) is 8.45. The fraction of sp³-hybridized carbons (Fsp3) is 1.00. The van der Waals surface area contributed by atoms with Crippen LogP contribution in [0.1, 0.15) is 64.7 Å². The molecule has 1 atom stereocenters. The van der Waals surface area contributed by atoms with Crippen molar-refractivity contribution in [3.05, 3.63) is 0 Å². The number of nitrogens with zero attached hydrogens (tertiary/aromatic N) is 2. The van der Waals surface area contributed by atoms with Crippen molar-refractivity contribution in [1.82, 2.24) is 9.80 Å². The topological polar surface area (TPSA) is 26.7 Å². The molecular weight excluding hydrogens is 303 g/mol. The summed E-state index contributed by atoms with van der Waals surface area (Å²) in [6.45, 7) is 8.01. The Hall–Kier alpha value is -0.190. The second-order valence-electron chi connectivity index (χ2n) is 8.45. The van der Waals surface area contributed by atoms with Crippen molar-refractivity contribution in [1.29, 1.82) is 0 Å². The highest BCUT2D eigenvalue weighted by Gasteiger charge is 2.34. The van der Waals surface area contributed by atoms with Crippen molar-refractivity contribution in [2.24, 2.45) is 11.8 Å². The molecule has 24 heavy (non-hydrogen) atoms. The quantitative estimate of drug-likeness (QED) is 0.830. The van der Waals surface area contributed by atoms with E-state index in [1.54, 1.807) is 0 Å². The normalized spacial score (nSPS) is 33.6. The molecule has 3 rings (SSSR count). The van der Waals surface area contributed by atoms with Gasteiger partial charge in [-0.05, 0) is 102 Å². The summed E-state index contributed by atoms with van der Waals surface area (Å²) in [6, 6.07) is 0.604. The predicted octanol–water partition coefficient (Wildman–Crippen LogP) is 3.46. The van der Waals surface area contributed by atoms with Crippen LogP contribution in [0.4, 0.5) is 4.39 Å². The fourth-order valence-electron chi connectivity index (χ4n) is 5.25. The molecule has 2 heterocycles. The maximum Gasteiger partial charge on any atom is 0.100 e. The zero-order valence-electron chi connectivity index (χ0n) is 15.5. The molecule has 2 saturated heterocycles. The number of aliphatic hydroxyl groups is 1. The molecule has 0 amide bonds. The highest BCUT2D eigenvalue weighted by molar-refractivity contribution is 4.88. The average molecular weight is 341 g/mol. The SMILES string of the molecule is CCCN1CCC(C(O)C2CCN(C3CCC(F)CC3)CC2)CC1. The summed E-state index contributed by atoms with van der Waals surface area (Å²) < 4.78 is 13.3. The van der Waals surface area contributed by atoms with Crippen LogP contribution < -0.4 is 0 Å². The monoisotopic (exact) mass is 340 g/mol. The number of halogens is 1. The third-order valence-electron chi connectivity index (χ3n) is 6.85. The lowest BCUT2D eigenvalue weighted by molar-refractivity contribution is -0.0147. The van der Waals surface area contributed by atoms with Crippen LogP contribution in [-0.2, 0) is 0 Å². The number of hydrogen-bond acceptors (Lipinski definition) is 3. The van der Waals surface area contributed by atoms with E-state index in [-0.39, 0.29) is 6.10 Å². The van der Waals surface area contributed by atoms with E-state index in [2.05, 4.69) is 16.7 Å². The molecule has 140 valence electrons. The van der Waals surface area contributed by atoms with Crippen LogP contribution in [-0.4, -0.2) is 65.9 Å². The highest BCUT2D eigenvalue weighted by atomic mass is 19.1. The van der Waals surface area contributed by atoms with E-state index in [9.17, 15) is 9.50 Å². The van der Waals surface area contributed by atoms with E-state index in [4.69, 9.17) is 0 Å². The van der Waals surface area contributed by atoms with Crippen LogP contribution in [0.3, 0.4) is 0 Å². The summed E-state index contributed by atoms with van der Waals surface area (Å²) >= 11 is 0. The van der Waals surface area contributed by atoms with E-state index in [1.807, 2.05) is 0 Å². The summed E-state index contributed by atoms with van der Waals surface area (Å²) in [7, 11) is 0. The van der Waals surface area contributed by atoms with Gasteiger partial charge in [0, 0.05) is 6.04 Å². The largest absolute Gasteiger partial charge is 0.393 e. The molecule has 3 nitrogen and oxygen atoms in total. The molecule has 1 saturated carbocycles. The first-order valence-electron chi connectivity index (χ1n) is 10.5. The molecule has 3 aliphatic rings. The molecule has 0 radical (unpaired) electrons. The van der Waals surface area contributed by atoms with Crippen LogP contribution in [0.15, 0.2) is 0 Å². The summed E-state index contributed by atoms with van der Waals surface area (Å²) in [4.78, 5) is 5.13. The van der Waals surface area contributed by atoms with Gasteiger partial charge in [0.25, 0.3) is 0 Å². The molecule has 2 aliphatic heterocycles. The van der Waals surface area contributed by atoms with E-state index in [0.29, 0.717) is 17.9 Å². The van der Waals surface area contributed by atoms with Crippen LogP contribution >= 0.6 is 0 Å². The first-order chi connectivity index (χ1) is 11.7. The van der Waals surface area contributed by atoms with Gasteiger partial charge in [-0.3, -0.25) is 0 Å². The molecule has 1 aliphatic carbocycles. The van der Waals surface area contributed by atoms with Gasteiger partial charge in [0.05, 0.1) is 6.10 Å². The van der Waals surface area contributed by atoms with E-state index in [0.717, 1.165) is 51.6 Å². The van der Waals surface area contributed by atoms with Gasteiger partial charge in [0.2, 0.25) is 0 Å². The molecule has 0 spiro atoms. The number of aliphatic hydroxyl groups excluding tert-OH is 1. The average Bonchev–Trinajstić information content (AvgIpc) is 2.63. The van der Waals surface area contributed by atoms with Crippen molar-refractivity contribution in [3.8, 4) is 0 Å². The number of hydrogen-bond donors (Lipinski definition) is 1. The molecular formula is C20H37FN2O. The Morgan fingerprint density at radius 1 is 0.875 bits per heavy atom. The Morgan fingerprint density at radius 2 is 1.42 bits per heavy atom. The highest BCUT2D eigenvalue weighted by Crippen LogP contribution is 2.33.